The summed E-state index contributed by atoms with van der Waals surface area (Å²) in [5, 5.41) is 9.10. The molecule has 1 heterocycles. The van der Waals surface area contributed by atoms with Crippen molar-refractivity contribution in [2.45, 2.75) is 6.54 Å². The third kappa shape index (κ3) is 2.56. The maximum atomic E-state index is 5.97. The van der Waals surface area contributed by atoms with Gasteiger partial charge in [0.05, 0.1) is 12.8 Å². The van der Waals surface area contributed by atoms with Crippen molar-refractivity contribution in [3.63, 3.8) is 0 Å². The Labute approximate surface area is 133 Å². The zero-order chi connectivity index (χ0) is 15.5. The molecule has 0 amide bonds. The summed E-state index contributed by atoms with van der Waals surface area (Å²) in [6.45, 7) is 0.299. The summed E-state index contributed by atoms with van der Waals surface area (Å²) in [7, 11) is 1.63. The Bertz CT molecular complexity index is 783. The maximum absolute atomic E-state index is 5.97. The monoisotopic (exact) mass is 314 g/mol. The molecule has 1 aromatic heterocycles. The smallest absolute Gasteiger partial charge is 0.144 e. The van der Waals surface area contributed by atoms with Gasteiger partial charge in [0.1, 0.15) is 17.1 Å². The summed E-state index contributed by atoms with van der Waals surface area (Å²) in [5.41, 5.74) is 9.11. The maximum Gasteiger partial charge on any atom is 0.144 e. The largest absolute Gasteiger partial charge is 0.494 e. The van der Waals surface area contributed by atoms with Crippen LogP contribution in [0.25, 0.3) is 16.9 Å². The molecule has 0 saturated heterocycles. The molecule has 0 saturated carbocycles. The van der Waals surface area contributed by atoms with Crippen molar-refractivity contribution in [2.75, 3.05) is 7.11 Å². The van der Waals surface area contributed by atoms with E-state index in [-0.39, 0.29) is 0 Å². The van der Waals surface area contributed by atoms with Gasteiger partial charge in [-0.05, 0) is 24.3 Å². The van der Waals surface area contributed by atoms with Crippen molar-refractivity contribution in [3.8, 4) is 22.7 Å². The van der Waals surface area contributed by atoms with Crippen LogP contribution in [0, 0.1) is 0 Å². The highest BCUT2D eigenvalue weighted by molar-refractivity contribution is 6.30. The Morgan fingerprint density at radius 1 is 1.14 bits per heavy atom. The molecule has 0 bridgehead atoms. The van der Waals surface area contributed by atoms with Crippen LogP contribution < -0.4 is 10.5 Å². The first-order chi connectivity index (χ1) is 10.7. The third-order valence-corrected chi connectivity index (χ3v) is 3.62. The van der Waals surface area contributed by atoms with Crippen LogP contribution in [0.15, 0.2) is 48.5 Å². The number of halogens is 1. The second kappa shape index (κ2) is 6.17. The van der Waals surface area contributed by atoms with Crippen molar-refractivity contribution in [1.82, 2.24) is 15.0 Å². The quantitative estimate of drug-likeness (QED) is 0.803. The van der Waals surface area contributed by atoms with E-state index in [1.54, 1.807) is 11.8 Å². The minimum absolute atomic E-state index is 0.299. The lowest BCUT2D eigenvalue weighted by Crippen LogP contribution is -2.04. The van der Waals surface area contributed by atoms with Crippen LogP contribution in [0.2, 0.25) is 5.02 Å². The number of ether oxygens (including phenoxy) is 1. The molecule has 2 aromatic carbocycles. The molecule has 2 N–H and O–H groups in total. The van der Waals surface area contributed by atoms with Crippen LogP contribution in [0.3, 0.4) is 0 Å². The van der Waals surface area contributed by atoms with Gasteiger partial charge in [-0.1, -0.05) is 41.1 Å². The second-order valence-corrected chi connectivity index (χ2v) is 5.12. The highest BCUT2D eigenvalue weighted by Crippen LogP contribution is 2.30. The molecule has 3 aromatic rings. The first-order valence-corrected chi connectivity index (χ1v) is 7.16. The number of methoxy groups -OCH3 is 1. The fraction of sp³-hybridized carbons (Fsp3) is 0.125. The van der Waals surface area contributed by atoms with Gasteiger partial charge >= 0.3 is 0 Å². The molecule has 0 spiro atoms. The fourth-order valence-corrected chi connectivity index (χ4v) is 2.45. The van der Waals surface area contributed by atoms with Crippen LogP contribution in [-0.2, 0) is 6.54 Å². The summed E-state index contributed by atoms with van der Waals surface area (Å²) >= 11 is 5.97. The summed E-state index contributed by atoms with van der Waals surface area (Å²) in [5.74, 6) is 0.714. The van der Waals surface area contributed by atoms with E-state index in [1.165, 1.54) is 0 Å². The molecule has 0 aliphatic heterocycles. The number of benzene rings is 2. The lowest BCUT2D eigenvalue weighted by molar-refractivity contribution is 0.411. The van der Waals surface area contributed by atoms with E-state index in [2.05, 4.69) is 10.3 Å². The highest BCUT2D eigenvalue weighted by Gasteiger charge is 2.17. The van der Waals surface area contributed by atoms with Gasteiger partial charge in [0.2, 0.25) is 0 Å². The Morgan fingerprint density at radius 2 is 1.86 bits per heavy atom. The lowest BCUT2D eigenvalue weighted by Gasteiger charge is -2.11. The number of para-hydroxylation sites is 2. The van der Waals surface area contributed by atoms with E-state index in [0.29, 0.717) is 23.0 Å². The predicted octanol–water partition coefficient (Wildman–Crippen LogP) is 3.06. The molecule has 0 aliphatic rings. The van der Waals surface area contributed by atoms with E-state index in [1.807, 2.05) is 48.5 Å². The number of hydrogen-bond donors (Lipinski definition) is 1. The van der Waals surface area contributed by atoms with Crippen molar-refractivity contribution >= 4 is 11.6 Å². The molecule has 6 heteroatoms. The SMILES string of the molecule is COc1ccccc1-n1nnc(CN)c1-c1ccc(Cl)cc1. The number of aromatic nitrogens is 3. The molecule has 0 aliphatic carbocycles. The normalized spacial score (nSPS) is 10.7. The minimum Gasteiger partial charge on any atom is -0.494 e. The van der Waals surface area contributed by atoms with E-state index < -0.39 is 0 Å². The Kier molecular flexibility index (Phi) is 4.09. The van der Waals surface area contributed by atoms with Crippen LogP contribution >= 0.6 is 11.6 Å². The molecule has 5 nitrogen and oxygen atoms in total. The van der Waals surface area contributed by atoms with Gasteiger partial charge in [-0.3, -0.25) is 0 Å². The van der Waals surface area contributed by atoms with E-state index in [0.717, 1.165) is 16.9 Å². The third-order valence-electron chi connectivity index (χ3n) is 3.36. The molecule has 0 fully saturated rings. The van der Waals surface area contributed by atoms with Gasteiger partial charge < -0.3 is 10.5 Å². The van der Waals surface area contributed by atoms with Crippen LogP contribution in [-0.4, -0.2) is 22.1 Å². The first kappa shape index (κ1) is 14.6. The zero-order valence-corrected chi connectivity index (χ0v) is 12.8. The van der Waals surface area contributed by atoms with Gasteiger partial charge in [-0.15, -0.1) is 5.10 Å². The average molecular weight is 315 g/mol. The summed E-state index contributed by atoms with van der Waals surface area (Å²) in [4.78, 5) is 0. The second-order valence-electron chi connectivity index (χ2n) is 4.68. The van der Waals surface area contributed by atoms with Crippen molar-refractivity contribution in [2.24, 2.45) is 5.73 Å². The van der Waals surface area contributed by atoms with Crippen LogP contribution in [0.1, 0.15) is 5.69 Å². The lowest BCUT2D eigenvalue weighted by atomic mass is 10.1. The molecule has 0 radical (unpaired) electrons. The molecule has 22 heavy (non-hydrogen) atoms. The molecule has 0 unspecified atom stereocenters. The van der Waals surface area contributed by atoms with Crippen LogP contribution in [0.5, 0.6) is 5.75 Å². The van der Waals surface area contributed by atoms with E-state index >= 15 is 0 Å². The fourth-order valence-electron chi connectivity index (χ4n) is 2.32. The van der Waals surface area contributed by atoms with Crippen molar-refractivity contribution < 1.29 is 4.74 Å². The molecule has 0 atom stereocenters. The van der Waals surface area contributed by atoms with Gasteiger partial charge in [0.15, 0.2) is 0 Å². The minimum atomic E-state index is 0.299. The predicted molar refractivity (Wildman–Crippen MR) is 86.2 cm³/mol. The van der Waals surface area contributed by atoms with Crippen molar-refractivity contribution in [1.29, 1.82) is 0 Å². The van der Waals surface area contributed by atoms with Gasteiger partial charge in [-0.2, -0.15) is 0 Å². The number of nitrogens with two attached hydrogens (primary N) is 1. The summed E-state index contributed by atoms with van der Waals surface area (Å²) < 4.78 is 7.15. The first-order valence-electron chi connectivity index (χ1n) is 6.78. The number of nitrogens with zero attached hydrogens (tertiary/aromatic N) is 3. The highest BCUT2D eigenvalue weighted by atomic mass is 35.5. The topological polar surface area (TPSA) is 66.0 Å². The van der Waals surface area contributed by atoms with Gasteiger partial charge in [0.25, 0.3) is 0 Å². The van der Waals surface area contributed by atoms with Crippen LogP contribution in [0.4, 0.5) is 0 Å². The molecular formula is C16H15ClN4O. The summed E-state index contributed by atoms with van der Waals surface area (Å²) in [6.07, 6.45) is 0. The average Bonchev–Trinajstić information content (AvgIpc) is 2.99. The zero-order valence-electron chi connectivity index (χ0n) is 12.0. The summed E-state index contributed by atoms with van der Waals surface area (Å²) in [6, 6.07) is 15.1. The van der Waals surface area contributed by atoms with Crippen molar-refractivity contribution in [3.05, 3.63) is 59.2 Å². The van der Waals surface area contributed by atoms with E-state index in [9.17, 15) is 0 Å². The molecule has 112 valence electrons. The van der Waals surface area contributed by atoms with E-state index in [4.69, 9.17) is 22.1 Å². The van der Waals surface area contributed by atoms with Gasteiger partial charge in [0, 0.05) is 17.1 Å². The Hall–Kier alpha value is -2.37. The number of hydrogen-bond acceptors (Lipinski definition) is 4. The van der Waals surface area contributed by atoms with Gasteiger partial charge in [-0.25, -0.2) is 4.68 Å². The Balaban J connectivity index is 2.21. The standard InChI is InChI=1S/C16H15ClN4O/c1-22-15-5-3-2-4-14(15)21-16(13(10-18)19-20-21)11-6-8-12(17)9-7-11/h2-9H,10,18H2,1H3. The Morgan fingerprint density at radius 3 is 2.55 bits per heavy atom. The number of rotatable bonds is 4. The molecular weight excluding hydrogens is 300 g/mol. The molecule has 3 rings (SSSR count).